The number of H-pyrrole nitrogens is 1. The molecule has 0 bridgehead atoms. The molecule has 2 N–H and O–H groups in total. The Morgan fingerprint density at radius 3 is 3.00 bits per heavy atom. The normalized spacial score (nSPS) is 10.5. The van der Waals surface area contributed by atoms with Gasteiger partial charge in [0.2, 0.25) is 0 Å². The minimum absolute atomic E-state index is 0.194. The number of hydrogen-bond acceptors (Lipinski definition) is 3. The van der Waals surface area contributed by atoms with Gasteiger partial charge >= 0.3 is 0 Å². The molecule has 0 saturated carbocycles. The summed E-state index contributed by atoms with van der Waals surface area (Å²) in [6, 6.07) is 5.19. The molecule has 0 saturated heterocycles. The van der Waals surface area contributed by atoms with Crippen LogP contribution in [0.25, 0.3) is 0 Å². The number of amides is 1. The molecule has 8 heteroatoms. The van der Waals surface area contributed by atoms with Crippen molar-refractivity contribution in [1.29, 1.82) is 0 Å². The first-order valence-corrected chi connectivity index (χ1v) is 7.19. The lowest BCUT2D eigenvalue weighted by atomic mass is 10.2. The number of hydrogen-bond donors (Lipinski definition) is 2. The van der Waals surface area contributed by atoms with Crippen LogP contribution in [0.5, 0.6) is 0 Å². The third-order valence-electron chi connectivity index (χ3n) is 2.55. The Labute approximate surface area is 133 Å². The van der Waals surface area contributed by atoms with Crippen molar-refractivity contribution in [1.82, 2.24) is 20.1 Å². The van der Waals surface area contributed by atoms with Crippen LogP contribution in [0.4, 0.5) is 0 Å². The summed E-state index contributed by atoms with van der Waals surface area (Å²) in [6.07, 6.45) is 0. The smallest absolute Gasteiger partial charge is 0.252 e. The molecule has 0 atom stereocenters. The maximum absolute atomic E-state index is 12.1. The van der Waals surface area contributed by atoms with E-state index < -0.39 is 0 Å². The van der Waals surface area contributed by atoms with Crippen molar-refractivity contribution in [3.8, 4) is 0 Å². The highest BCUT2D eigenvalue weighted by molar-refractivity contribution is 14.1. The Morgan fingerprint density at radius 2 is 2.37 bits per heavy atom. The number of aromatic amines is 1. The topological polar surface area (TPSA) is 62.7 Å². The van der Waals surface area contributed by atoms with Crippen molar-refractivity contribution in [3.63, 3.8) is 0 Å². The first-order chi connectivity index (χ1) is 8.99. The molecule has 1 aromatic heterocycles. The van der Waals surface area contributed by atoms with Crippen molar-refractivity contribution < 1.29 is 4.79 Å². The van der Waals surface area contributed by atoms with Gasteiger partial charge in [0.1, 0.15) is 0 Å². The molecule has 2 rings (SSSR count). The van der Waals surface area contributed by atoms with Gasteiger partial charge < -0.3 is 9.88 Å². The lowest BCUT2D eigenvalue weighted by molar-refractivity contribution is 0.0948. The summed E-state index contributed by atoms with van der Waals surface area (Å²) in [6.45, 7) is 0.297. The number of aromatic nitrogens is 3. The first kappa shape index (κ1) is 14.5. The summed E-state index contributed by atoms with van der Waals surface area (Å²) >= 11 is 13.0. The SMILES string of the molecule is Cn1c(CNC(=O)c2cc(Cl)ccc2I)n[nH]c1=S. The fourth-order valence-electron chi connectivity index (χ4n) is 1.46. The minimum atomic E-state index is -0.194. The van der Waals surface area contributed by atoms with Crippen molar-refractivity contribution in [2.75, 3.05) is 0 Å². The molecule has 0 fully saturated rings. The van der Waals surface area contributed by atoms with Crippen molar-refractivity contribution >= 4 is 52.3 Å². The first-order valence-electron chi connectivity index (χ1n) is 5.32. The van der Waals surface area contributed by atoms with E-state index in [9.17, 15) is 4.79 Å². The van der Waals surface area contributed by atoms with Crippen molar-refractivity contribution in [3.05, 3.63) is 43.0 Å². The minimum Gasteiger partial charge on any atom is -0.345 e. The molecule has 100 valence electrons. The van der Waals surface area contributed by atoms with Crippen molar-refractivity contribution in [2.45, 2.75) is 6.54 Å². The van der Waals surface area contributed by atoms with Crippen LogP contribution in [0.2, 0.25) is 5.02 Å². The molecule has 0 radical (unpaired) electrons. The van der Waals surface area contributed by atoms with Gasteiger partial charge in [0.05, 0.1) is 12.1 Å². The molecule has 0 spiro atoms. The van der Waals surface area contributed by atoms with E-state index in [4.69, 9.17) is 23.8 Å². The molecule has 1 aromatic carbocycles. The maximum atomic E-state index is 12.1. The molecule has 0 aliphatic carbocycles. The van der Waals surface area contributed by atoms with Gasteiger partial charge in [0.25, 0.3) is 5.91 Å². The monoisotopic (exact) mass is 408 g/mol. The molecular formula is C11H10ClIN4OS. The maximum Gasteiger partial charge on any atom is 0.252 e. The van der Waals surface area contributed by atoms with Crippen molar-refractivity contribution in [2.24, 2.45) is 7.05 Å². The number of nitrogens with zero attached hydrogens (tertiary/aromatic N) is 2. The van der Waals surface area contributed by atoms with Crippen LogP contribution < -0.4 is 5.32 Å². The predicted octanol–water partition coefficient (Wildman–Crippen LogP) is 2.67. The van der Waals surface area contributed by atoms with Gasteiger partial charge in [-0.1, -0.05) is 11.6 Å². The van der Waals surface area contributed by atoms with Gasteiger partial charge in [0.15, 0.2) is 10.6 Å². The number of halogens is 2. The number of rotatable bonds is 3. The highest BCUT2D eigenvalue weighted by Crippen LogP contribution is 2.17. The second kappa shape index (κ2) is 6.02. The van der Waals surface area contributed by atoms with Crippen LogP contribution in [0, 0.1) is 8.34 Å². The Balaban J connectivity index is 2.12. The van der Waals surface area contributed by atoms with E-state index in [0.717, 1.165) is 3.57 Å². The van der Waals surface area contributed by atoms with Gasteiger partial charge in [-0.25, -0.2) is 0 Å². The van der Waals surface area contributed by atoms with E-state index in [-0.39, 0.29) is 5.91 Å². The average molecular weight is 409 g/mol. The fourth-order valence-corrected chi connectivity index (χ4v) is 2.37. The molecule has 2 aromatic rings. The fraction of sp³-hybridized carbons (Fsp3) is 0.182. The molecule has 1 heterocycles. The van der Waals surface area contributed by atoms with Crippen LogP contribution in [0.1, 0.15) is 16.2 Å². The zero-order valence-electron chi connectivity index (χ0n) is 9.91. The van der Waals surface area contributed by atoms with Crippen LogP contribution in [-0.2, 0) is 13.6 Å². The third kappa shape index (κ3) is 3.34. The lowest BCUT2D eigenvalue weighted by Gasteiger charge is -2.07. The second-order valence-electron chi connectivity index (χ2n) is 3.81. The standard InChI is InChI=1S/C11H10ClIN4OS/c1-17-9(15-16-11(17)19)5-14-10(18)7-4-6(12)2-3-8(7)13/h2-4H,5H2,1H3,(H,14,18)(H,16,19). The summed E-state index contributed by atoms with van der Waals surface area (Å²) in [5.74, 6) is 0.469. The summed E-state index contributed by atoms with van der Waals surface area (Å²) in [4.78, 5) is 12.1. The Hall–Kier alpha value is -0.930. The zero-order valence-corrected chi connectivity index (χ0v) is 13.6. The number of benzene rings is 1. The van der Waals surface area contributed by atoms with E-state index in [1.54, 1.807) is 29.8 Å². The zero-order chi connectivity index (χ0) is 14.0. The summed E-state index contributed by atoms with van der Waals surface area (Å²) < 4.78 is 3.06. The lowest BCUT2D eigenvalue weighted by Crippen LogP contribution is -2.25. The Bertz CT molecular complexity index is 682. The molecule has 19 heavy (non-hydrogen) atoms. The highest BCUT2D eigenvalue weighted by Gasteiger charge is 2.11. The van der Waals surface area contributed by atoms with E-state index >= 15 is 0 Å². The molecule has 1 amide bonds. The second-order valence-corrected chi connectivity index (χ2v) is 5.80. The van der Waals surface area contributed by atoms with Crippen LogP contribution in [0.15, 0.2) is 18.2 Å². The number of carbonyl (C=O) groups is 1. The Kier molecular flexibility index (Phi) is 4.58. The van der Waals surface area contributed by atoms with Gasteiger partial charge in [0, 0.05) is 15.6 Å². The van der Waals surface area contributed by atoms with E-state index in [0.29, 0.717) is 27.7 Å². The quantitative estimate of drug-likeness (QED) is 0.606. The highest BCUT2D eigenvalue weighted by atomic mass is 127. The van der Waals surface area contributed by atoms with Crippen LogP contribution in [0.3, 0.4) is 0 Å². The van der Waals surface area contributed by atoms with Gasteiger partial charge in [-0.05, 0) is 53.0 Å². The van der Waals surface area contributed by atoms with Gasteiger partial charge in [-0.15, -0.1) is 0 Å². The third-order valence-corrected chi connectivity index (χ3v) is 4.09. The largest absolute Gasteiger partial charge is 0.345 e. The number of nitrogens with one attached hydrogen (secondary N) is 2. The molecule has 0 unspecified atom stereocenters. The Morgan fingerprint density at radius 1 is 1.63 bits per heavy atom. The number of carbonyl (C=O) groups excluding carboxylic acids is 1. The van der Waals surface area contributed by atoms with Crippen LogP contribution >= 0.6 is 46.4 Å². The molecular weight excluding hydrogens is 399 g/mol. The molecule has 0 aliphatic heterocycles. The summed E-state index contributed by atoms with van der Waals surface area (Å²) in [5.41, 5.74) is 0.546. The van der Waals surface area contributed by atoms with E-state index in [1.807, 2.05) is 0 Å². The average Bonchev–Trinajstić information content (AvgIpc) is 2.70. The predicted molar refractivity (Wildman–Crippen MR) is 83.7 cm³/mol. The van der Waals surface area contributed by atoms with Gasteiger partial charge in [-0.3, -0.25) is 9.89 Å². The summed E-state index contributed by atoms with van der Waals surface area (Å²) in [5, 5.41) is 10.0. The van der Waals surface area contributed by atoms with E-state index in [1.165, 1.54) is 0 Å². The van der Waals surface area contributed by atoms with Gasteiger partial charge in [-0.2, -0.15) is 5.10 Å². The molecule has 5 nitrogen and oxygen atoms in total. The van der Waals surface area contributed by atoms with E-state index in [2.05, 4.69) is 38.1 Å². The van der Waals surface area contributed by atoms with Crippen LogP contribution in [-0.4, -0.2) is 20.7 Å². The summed E-state index contributed by atoms with van der Waals surface area (Å²) in [7, 11) is 1.79. The molecule has 0 aliphatic rings.